The molecule has 0 bridgehead atoms. The molecule has 1 N–H and O–H groups in total. The van der Waals surface area contributed by atoms with Crippen molar-refractivity contribution in [3.63, 3.8) is 0 Å². The van der Waals surface area contributed by atoms with Crippen LogP contribution < -0.4 is 5.32 Å². The van der Waals surface area contributed by atoms with Crippen molar-refractivity contribution in [2.75, 3.05) is 6.54 Å². The number of thiazole rings is 1. The lowest BCUT2D eigenvalue weighted by atomic mass is 10.2. The number of nitrogens with one attached hydrogen (secondary N) is 1. The molecule has 0 atom stereocenters. The van der Waals surface area contributed by atoms with E-state index in [4.69, 9.17) is 0 Å². The van der Waals surface area contributed by atoms with Crippen LogP contribution in [-0.2, 0) is 11.2 Å². The van der Waals surface area contributed by atoms with Crippen LogP contribution in [0.4, 0.5) is 0 Å². The summed E-state index contributed by atoms with van der Waals surface area (Å²) in [4.78, 5) is 15.2. The van der Waals surface area contributed by atoms with Gasteiger partial charge in [0.2, 0.25) is 5.91 Å². The smallest absolute Gasteiger partial charge is 0.220 e. The summed E-state index contributed by atoms with van der Waals surface area (Å²) in [5.41, 5.74) is 2.76. The maximum absolute atomic E-state index is 11.1. The van der Waals surface area contributed by atoms with Crippen LogP contribution in [0.5, 0.6) is 0 Å². The van der Waals surface area contributed by atoms with Gasteiger partial charge in [0.15, 0.2) is 0 Å². The number of hydrogen-bond acceptors (Lipinski definition) is 3. The highest BCUT2D eigenvalue weighted by atomic mass is 32.1. The van der Waals surface area contributed by atoms with Crippen LogP contribution in [0.3, 0.4) is 0 Å². The predicted molar refractivity (Wildman–Crippen MR) is 53.6 cm³/mol. The Labute approximate surface area is 81.5 Å². The molecule has 0 unspecified atom stereocenters. The molecule has 0 aliphatic heterocycles. The first-order chi connectivity index (χ1) is 6.33. The quantitative estimate of drug-likeness (QED) is 0.723. The summed E-state index contributed by atoms with van der Waals surface area (Å²) in [6, 6.07) is 0. The molecule has 4 heteroatoms. The van der Waals surface area contributed by atoms with Crippen molar-refractivity contribution in [3.05, 3.63) is 29.2 Å². The van der Waals surface area contributed by atoms with Gasteiger partial charge in [-0.05, 0) is 6.42 Å². The van der Waals surface area contributed by atoms with Gasteiger partial charge in [-0.25, -0.2) is 4.98 Å². The molecule has 1 rings (SSSR count). The summed E-state index contributed by atoms with van der Waals surface area (Å²) in [5.74, 6) is 0.0490. The first-order valence-corrected chi connectivity index (χ1v) is 5.02. The lowest BCUT2D eigenvalue weighted by Gasteiger charge is -1.99. The summed E-state index contributed by atoms with van der Waals surface area (Å²) in [5, 5.41) is 4.67. The van der Waals surface area contributed by atoms with E-state index in [0.717, 1.165) is 5.69 Å². The van der Waals surface area contributed by atoms with Crippen molar-refractivity contribution in [2.24, 2.45) is 0 Å². The van der Waals surface area contributed by atoms with E-state index in [-0.39, 0.29) is 5.91 Å². The summed E-state index contributed by atoms with van der Waals surface area (Å²) in [6.07, 6.45) is 2.88. The van der Waals surface area contributed by atoms with Gasteiger partial charge in [-0.15, -0.1) is 17.9 Å². The van der Waals surface area contributed by atoms with Crippen LogP contribution in [0.2, 0.25) is 0 Å². The molecule has 3 nitrogen and oxygen atoms in total. The number of aromatic nitrogens is 1. The number of carbonyl (C=O) groups is 1. The van der Waals surface area contributed by atoms with E-state index in [1.54, 1.807) is 22.9 Å². The molecule has 1 aromatic rings. The Kier molecular flexibility index (Phi) is 4.18. The molecular weight excluding hydrogens is 184 g/mol. The number of nitrogens with zero attached hydrogens (tertiary/aromatic N) is 1. The van der Waals surface area contributed by atoms with Crippen LogP contribution in [0, 0.1) is 0 Å². The van der Waals surface area contributed by atoms with Crippen molar-refractivity contribution >= 4 is 17.2 Å². The van der Waals surface area contributed by atoms with Gasteiger partial charge in [0.1, 0.15) is 0 Å². The van der Waals surface area contributed by atoms with Gasteiger partial charge in [0, 0.05) is 18.3 Å². The summed E-state index contributed by atoms with van der Waals surface area (Å²) in [7, 11) is 0. The Morgan fingerprint density at radius 1 is 1.77 bits per heavy atom. The predicted octanol–water partition coefficient (Wildman–Crippen LogP) is 1.38. The lowest BCUT2D eigenvalue weighted by molar-refractivity contribution is -0.120. The first kappa shape index (κ1) is 9.92. The molecule has 0 aliphatic carbocycles. The second kappa shape index (κ2) is 5.48. The van der Waals surface area contributed by atoms with Gasteiger partial charge in [0.25, 0.3) is 0 Å². The monoisotopic (exact) mass is 196 g/mol. The molecule has 0 aromatic carbocycles. The fraction of sp³-hybridized carbons (Fsp3) is 0.333. The summed E-state index contributed by atoms with van der Waals surface area (Å²) < 4.78 is 0. The maximum Gasteiger partial charge on any atom is 0.220 e. The molecule has 0 saturated heterocycles. The zero-order chi connectivity index (χ0) is 9.52. The number of amides is 1. The molecule has 0 radical (unpaired) electrons. The first-order valence-electron chi connectivity index (χ1n) is 4.07. The minimum atomic E-state index is 0.0490. The maximum atomic E-state index is 11.1. The zero-order valence-corrected chi connectivity index (χ0v) is 8.14. The Balaban J connectivity index is 2.19. The van der Waals surface area contributed by atoms with Gasteiger partial charge in [-0.2, -0.15) is 0 Å². The van der Waals surface area contributed by atoms with Gasteiger partial charge in [-0.3, -0.25) is 4.79 Å². The highest BCUT2D eigenvalue weighted by molar-refractivity contribution is 7.07. The highest BCUT2D eigenvalue weighted by Gasteiger charge is 2.01. The van der Waals surface area contributed by atoms with E-state index >= 15 is 0 Å². The van der Waals surface area contributed by atoms with Crippen molar-refractivity contribution < 1.29 is 4.79 Å². The Morgan fingerprint density at radius 2 is 2.62 bits per heavy atom. The summed E-state index contributed by atoms with van der Waals surface area (Å²) in [6.45, 7) is 4.05. The summed E-state index contributed by atoms with van der Waals surface area (Å²) >= 11 is 1.55. The van der Waals surface area contributed by atoms with Crippen LogP contribution in [0.1, 0.15) is 12.1 Å². The van der Waals surface area contributed by atoms with Crippen molar-refractivity contribution in [1.82, 2.24) is 10.3 Å². The molecule has 1 aromatic heterocycles. The van der Waals surface area contributed by atoms with Crippen molar-refractivity contribution in [1.29, 1.82) is 0 Å². The molecule has 1 amide bonds. The minimum Gasteiger partial charge on any atom is -0.353 e. The molecule has 0 fully saturated rings. The van der Waals surface area contributed by atoms with Crippen molar-refractivity contribution in [3.8, 4) is 0 Å². The standard InChI is InChI=1S/C9H12N2OS/c1-2-5-10-9(12)4-3-8-6-13-7-11-8/h2,6-7H,1,3-5H2,(H,10,12). The number of aryl methyl sites for hydroxylation is 1. The molecule has 0 spiro atoms. The van der Waals surface area contributed by atoms with E-state index in [1.165, 1.54) is 0 Å². The second-order valence-electron chi connectivity index (χ2n) is 2.57. The van der Waals surface area contributed by atoms with Gasteiger partial charge in [-0.1, -0.05) is 6.08 Å². The third-order valence-electron chi connectivity index (χ3n) is 1.54. The fourth-order valence-electron chi connectivity index (χ4n) is 0.877. The van der Waals surface area contributed by atoms with Gasteiger partial charge < -0.3 is 5.32 Å². The SMILES string of the molecule is C=CCNC(=O)CCc1cscn1. The lowest BCUT2D eigenvalue weighted by Crippen LogP contribution is -2.23. The van der Waals surface area contributed by atoms with Crippen LogP contribution >= 0.6 is 11.3 Å². The third kappa shape index (κ3) is 3.85. The fourth-order valence-corrected chi connectivity index (χ4v) is 1.47. The molecule has 0 saturated carbocycles. The number of rotatable bonds is 5. The van der Waals surface area contributed by atoms with E-state index in [1.807, 2.05) is 5.38 Å². The molecule has 1 heterocycles. The second-order valence-corrected chi connectivity index (χ2v) is 3.29. The van der Waals surface area contributed by atoms with E-state index in [2.05, 4.69) is 16.9 Å². The minimum absolute atomic E-state index is 0.0490. The average molecular weight is 196 g/mol. The number of carbonyl (C=O) groups excluding carboxylic acids is 1. The Bertz CT molecular complexity index is 269. The van der Waals surface area contributed by atoms with E-state index in [9.17, 15) is 4.79 Å². The van der Waals surface area contributed by atoms with Crippen molar-refractivity contribution in [2.45, 2.75) is 12.8 Å². The average Bonchev–Trinajstić information content (AvgIpc) is 2.64. The molecular formula is C9H12N2OS. The highest BCUT2D eigenvalue weighted by Crippen LogP contribution is 2.03. The molecule has 0 aliphatic rings. The number of hydrogen-bond donors (Lipinski definition) is 1. The van der Waals surface area contributed by atoms with Crippen LogP contribution in [0.15, 0.2) is 23.5 Å². The van der Waals surface area contributed by atoms with E-state index in [0.29, 0.717) is 19.4 Å². The van der Waals surface area contributed by atoms with Crippen LogP contribution in [-0.4, -0.2) is 17.4 Å². The normalized spacial score (nSPS) is 9.54. The largest absolute Gasteiger partial charge is 0.353 e. The molecule has 13 heavy (non-hydrogen) atoms. The van der Waals surface area contributed by atoms with Crippen LogP contribution in [0.25, 0.3) is 0 Å². The zero-order valence-electron chi connectivity index (χ0n) is 7.32. The Morgan fingerprint density at radius 3 is 3.23 bits per heavy atom. The van der Waals surface area contributed by atoms with Gasteiger partial charge in [0.05, 0.1) is 11.2 Å². The molecule has 70 valence electrons. The van der Waals surface area contributed by atoms with Gasteiger partial charge >= 0.3 is 0 Å². The topological polar surface area (TPSA) is 42.0 Å². The van der Waals surface area contributed by atoms with E-state index < -0.39 is 0 Å². The third-order valence-corrected chi connectivity index (χ3v) is 2.17. The Hall–Kier alpha value is -1.16.